The highest BCUT2D eigenvalue weighted by Crippen LogP contribution is 2.47. The van der Waals surface area contributed by atoms with Crippen LogP contribution in [-0.4, -0.2) is 53.1 Å². The molecule has 6 atom stereocenters. The van der Waals surface area contributed by atoms with Crippen LogP contribution in [-0.2, 0) is 14.3 Å². The van der Waals surface area contributed by atoms with E-state index in [0.29, 0.717) is 12.8 Å². The van der Waals surface area contributed by atoms with E-state index in [9.17, 15) is 19.6 Å². The summed E-state index contributed by atoms with van der Waals surface area (Å²) in [6.45, 7) is 2.44. The van der Waals surface area contributed by atoms with E-state index in [1.165, 1.54) is 6.08 Å². The molecule has 1 saturated carbocycles. The minimum Gasteiger partial charge on any atom is -0.390 e. The Labute approximate surface area is 152 Å². The third-order valence-corrected chi connectivity index (χ3v) is 6.01. The molecule has 6 unspecified atom stereocenters. The summed E-state index contributed by atoms with van der Waals surface area (Å²) in [6.07, 6.45) is 8.76. The van der Waals surface area contributed by atoms with Crippen molar-refractivity contribution in [3.63, 3.8) is 0 Å². The number of amides is 1. The molecule has 0 radical (unpaired) electrons. The van der Waals surface area contributed by atoms with Gasteiger partial charge < -0.3 is 14.7 Å². The van der Waals surface area contributed by atoms with Gasteiger partial charge in [-0.25, -0.2) is 0 Å². The normalized spacial score (nSPS) is 36.4. The molecular weight excluding hydrogens is 336 g/mol. The van der Waals surface area contributed by atoms with Gasteiger partial charge in [-0.3, -0.25) is 9.59 Å². The molecule has 0 aromatic rings. The van der Waals surface area contributed by atoms with Gasteiger partial charge >= 0.3 is 0 Å². The molecular formula is C19H24N2O5. The fourth-order valence-electron chi connectivity index (χ4n) is 4.71. The first-order chi connectivity index (χ1) is 12.5. The molecule has 0 spiro atoms. The van der Waals surface area contributed by atoms with Crippen LogP contribution in [0.1, 0.15) is 32.6 Å². The molecule has 0 bridgehead atoms. The molecule has 2 aliphatic heterocycles. The van der Waals surface area contributed by atoms with Crippen LogP contribution in [0.5, 0.6) is 0 Å². The zero-order chi connectivity index (χ0) is 18.8. The maximum Gasteiger partial charge on any atom is 0.298 e. The van der Waals surface area contributed by atoms with Crippen LogP contribution in [0.3, 0.4) is 0 Å². The van der Waals surface area contributed by atoms with Gasteiger partial charge in [0.1, 0.15) is 12.5 Å². The Balaban J connectivity index is 1.86. The van der Waals surface area contributed by atoms with Crippen molar-refractivity contribution in [2.75, 3.05) is 13.2 Å². The number of nitroso groups, excluding NO2 is 1. The second-order valence-corrected chi connectivity index (χ2v) is 7.36. The number of fused-ring (bicyclic) bond motifs is 3. The average Bonchev–Trinajstić information content (AvgIpc) is 2.65. The predicted octanol–water partition coefficient (Wildman–Crippen LogP) is 1.25. The Morgan fingerprint density at radius 2 is 2.23 bits per heavy atom. The number of carbonyl (C=O) groups is 2. The molecule has 7 heteroatoms. The predicted molar refractivity (Wildman–Crippen MR) is 93.6 cm³/mol. The van der Waals surface area contributed by atoms with E-state index in [4.69, 9.17) is 11.2 Å². The lowest BCUT2D eigenvalue weighted by molar-refractivity contribution is -0.133. The van der Waals surface area contributed by atoms with E-state index in [2.05, 4.69) is 22.9 Å². The van der Waals surface area contributed by atoms with Crippen LogP contribution >= 0.6 is 0 Å². The third-order valence-electron chi connectivity index (χ3n) is 6.01. The van der Waals surface area contributed by atoms with Crippen LogP contribution in [0.25, 0.3) is 0 Å². The number of hydrogen-bond donors (Lipinski definition) is 1. The first-order valence-electron chi connectivity index (χ1n) is 9.12. The molecule has 1 saturated heterocycles. The van der Waals surface area contributed by atoms with Crippen LogP contribution in [0.2, 0.25) is 0 Å². The van der Waals surface area contributed by atoms with Crippen LogP contribution in [0.15, 0.2) is 16.9 Å². The van der Waals surface area contributed by atoms with E-state index in [-0.39, 0.29) is 42.9 Å². The first-order valence-corrected chi connectivity index (χ1v) is 9.12. The molecule has 3 rings (SSSR count). The van der Waals surface area contributed by atoms with Gasteiger partial charge in [-0.15, -0.1) is 11.3 Å². The van der Waals surface area contributed by atoms with Crippen molar-refractivity contribution in [3.05, 3.63) is 16.7 Å². The van der Waals surface area contributed by atoms with Gasteiger partial charge in [-0.2, -0.15) is 0 Å². The lowest BCUT2D eigenvalue weighted by Crippen LogP contribution is -2.55. The van der Waals surface area contributed by atoms with E-state index in [1.807, 2.05) is 0 Å². The number of nitrogens with zero attached hydrogens (tertiary/aromatic N) is 2. The number of carbonyl (C=O) groups excluding carboxylic acids is 2. The standard InChI is InChI=1S/C19H24N2O5/c1-3-5-26-18-7-11-6-12(4-2)21-10-14(19(24)20-25)16(22)9-15(21)13(11)8-17(18)23/h1,9,11-14,17-18,23H,4-8,10H2,2H3. The van der Waals surface area contributed by atoms with Gasteiger partial charge in [0.05, 0.1) is 12.2 Å². The Hall–Kier alpha value is -2.04. The summed E-state index contributed by atoms with van der Waals surface area (Å²) in [7, 11) is 0. The molecule has 2 fully saturated rings. The van der Waals surface area contributed by atoms with Crippen molar-refractivity contribution in [2.45, 2.75) is 50.9 Å². The summed E-state index contributed by atoms with van der Waals surface area (Å²) >= 11 is 0. The summed E-state index contributed by atoms with van der Waals surface area (Å²) in [5, 5.41) is 12.9. The molecule has 1 amide bonds. The summed E-state index contributed by atoms with van der Waals surface area (Å²) in [5.74, 6) is 0.485. The van der Waals surface area contributed by atoms with Crippen molar-refractivity contribution in [2.24, 2.45) is 22.9 Å². The third kappa shape index (κ3) is 3.31. The molecule has 1 aliphatic carbocycles. The minimum absolute atomic E-state index is 0.0441. The summed E-state index contributed by atoms with van der Waals surface area (Å²) in [6, 6.07) is 0.182. The maximum absolute atomic E-state index is 12.4. The van der Waals surface area contributed by atoms with Crippen molar-refractivity contribution < 1.29 is 19.4 Å². The van der Waals surface area contributed by atoms with Crippen LogP contribution < -0.4 is 0 Å². The van der Waals surface area contributed by atoms with Crippen molar-refractivity contribution in [3.8, 4) is 12.3 Å². The Morgan fingerprint density at radius 1 is 1.46 bits per heavy atom. The topological polar surface area (TPSA) is 96.3 Å². The number of terminal acetylenes is 1. The second kappa shape index (κ2) is 7.68. The largest absolute Gasteiger partial charge is 0.390 e. The van der Waals surface area contributed by atoms with Crippen molar-refractivity contribution in [1.82, 2.24) is 4.90 Å². The summed E-state index contributed by atoms with van der Waals surface area (Å²) < 4.78 is 5.60. The first kappa shape index (κ1) is 18.7. The van der Waals surface area contributed by atoms with Gasteiger partial charge in [0, 0.05) is 35.5 Å². The molecule has 2 heterocycles. The molecule has 140 valence electrons. The SMILES string of the molecule is C#CCOC1CC2CC(CC)N3CC(C(=O)N=O)C(=O)C=C3C2CC1O. The zero-order valence-corrected chi connectivity index (χ0v) is 14.8. The highest BCUT2D eigenvalue weighted by Gasteiger charge is 2.48. The van der Waals surface area contributed by atoms with Crippen molar-refractivity contribution >= 4 is 11.7 Å². The lowest BCUT2D eigenvalue weighted by atomic mass is 9.67. The smallest absolute Gasteiger partial charge is 0.298 e. The highest BCUT2D eigenvalue weighted by molar-refractivity contribution is 6.08. The highest BCUT2D eigenvalue weighted by atomic mass is 16.5. The Bertz CT molecular complexity index is 667. The van der Waals surface area contributed by atoms with Gasteiger partial charge in [-0.05, 0) is 31.6 Å². The molecule has 0 aromatic heterocycles. The Morgan fingerprint density at radius 3 is 2.88 bits per heavy atom. The number of aliphatic hydroxyl groups excluding tert-OH is 1. The van der Waals surface area contributed by atoms with Gasteiger partial charge in [0.25, 0.3) is 5.91 Å². The van der Waals surface area contributed by atoms with Gasteiger partial charge in [0.2, 0.25) is 0 Å². The molecule has 0 aromatic carbocycles. The maximum atomic E-state index is 12.4. The molecule has 3 aliphatic rings. The molecule has 7 nitrogen and oxygen atoms in total. The van der Waals surface area contributed by atoms with E-state index in [0.717, 1.165) is 18.5 Å². The quantitative estimate of drug-likeness (QED) is 0.460. The van der Waals surface area contributed by atoms with Gasteiger partial charge in [0.15, 0.2) is 5.78 Å². The number of aliphatic hydroxyl groups is 1. The van der Waals surface area contributed by atoms with Gasteiger partial charge in [-0.1, -0.05) is 12.8 Å². The van der Waals surface area contributed by atoms with E-state index < -0.39 is 17.9 Å². The number of rotatable bonds is 4. The molecule has 26 heavy (non-hydrogen) atoms. The minimum atomic E-state index is -1.01. The summed E-state index contributed by atoms with van der Waals surface area (Å²) in [5.41, 5.74) is 0.877. The fourth-order valence-corrected chi connectivity index (χ4v) is 4.71. The fraction of sp³-hybridized carbons (Fsp3) is 0.684. The zero-order valence-electron chi connectivity index (χ0n) is 14.8. The number of piperidine rings is 1. The Kier molecular flexibility index (Phi) is 5.54. The number of ether oxygens (including phenoxy) is 1. The number of hydrogen-bond acceptors (Lipinski definition) is 6. The lowest BCUT2D eigenvalue weighted by Gasteiger charge is -2.52. The van der Waals surface area contributed by atoms with E-state index in [1.54, 1.807) is 0 Å². The summed E-state index contributed by atoms with van der Waals surface area (Å²) in [4.78, 5) is 36.7. The van der Waals surface area contributed by atoms with Crippen LogP contribution in [0, 0.1) is 35.0 Å². The second-order valence-electron chi connectivity index (χ2n) is 7.36. The van der Waals surface area contributed by atoms with E-state index >= 15 is 0 Å². The average molecular weight is 360 g/mol. The van der Waals surface area contributed by atoms with Crippen LogP contribution in [0.4, 0.5) is 0 Å². The molecule has 1 N–H and O–H groups in total. The monoisotopic (exact) mass is 360 g/mol. The number of allylic oxidation sites excluding steroid dienone is 2. The number of ketones is 1. The van der Waals surface area contributed by atoms with Crippen molar-refractivity contribution in [1.29, 1.82) is 0 Å².